The second-order valence-corrected chi connectivity index (χ2v) is 5.36. The van der Waals surface area contributed by atoms with Gasteiger partial charge in [0.1, 0.15) is 0 Å². The van der Waals surface area contributed by atoms with Gasteiger partial charge in [-0.25, -0.2) is 0 Å². The fourth-order valence-corrected chi connectivity index (χ4v) is 3.33. The summed E-state index contributed by atoms with van der Waals surface area (Å²) in [5, 5.41) is 3.76. The molecule has 2 aliphatic heterocycles. The van der Waals surface area contributed by atoms with Gasteiger partial charge in [0, 0.05) is 25.2 Å². The van der Waals surface area contributed by atoms with Crippen LogP contribution in [0.3, 0.4) is 0 Å². The number of nitrogens with zero attached hydrogens (tertiary/aromatic N) is 1. The van der Waals surface area contributed by atoms with Gasteiger partial charge in [-0.15, -0.1) is 0 Å². The van der Waals surface area contributed by atoms with E-state index in [0.717, 1.165) is 18.6 Å². The van der Waals surface area contributed by atoms with Crippen LogP contribution in [0.5, 0.6) is 0 Å². The number of rotatable bonds is 3. The quantitative estimate of drug-likeness (QED) is 0.858. The maximum absolute atomic E-state index is 3.76. The normalized spacial score (nSPS) is 29.2. The Morgan fingerprint density at radius 1 is 1.06 bits per heavy atom. The van der Waals surface area contributed by atoms with Gasteiger partial charge in [0.25, 0.3) is 0 Å². The van der Waals surface area contributed by atoms with E-state index in [0.29, 0.717) is 0 Å². The monoisotopic (exact) mass is 230 g/mol. The van der Waals surface area contributed by atoms with Crippen molar-refractivity contribution in [1.82, 2.24) is 10.2 Å². The fourth-order valence-electron chi connectivity index (χ4n) is 3.33. The van der Waals surface area contributed by atoms with Crippen molar-refractivity contribution in [2.75, 3.05) is 13.1 Å². The van der Waals surface area contributed by atoms with Gasteiger partial charge in [-0.1, -0.05) is 36.8 Å². The summed E-state index contributed by atoms with van der Waals surface area (Å²) in [5.41, 5.74) is 1.40. The molecule has 2 heterocycles. The summed E-state index contributed by atoms with van der Waals surface area (Å²) in [6.07, 6.45) is 5.55. The Labute approximate surface area is 104 Å². The molecule has 2 unspecified atom stereocenters. The highest BCUT2D eigenvalue weighted by Crippen LogP contribution is 2.27. The molecule has 0 saturated carbocycles. The van der Waals surface area contributed by atoms with Gasteiger partial charge < -0.3 is 5.32 Å². The van der Waals surface area contributed by atoms with Gasteiger partial charge in [0.05, 0.1) is 0 Å². The summed E-state index contributed by atoms with van der Waals surface area (Å²) in [7, 11) is 0. The van der Waals surface area contributed by atoms with E-state index in [2.05, 4.69) is 40.5 Å². The summed E-state index contributed by atoms with van der Waals surface area (Å²) in [5.74, 6) is 0. The van der Waals surface area contributed by atoms with Crippen LogP contribution in [0.2, 0.25) is 0 Å². The van der Waals surface area contributed by atoms with Crippen molar-refractivity contribution in [2.45, 2.75) is 44.3 Å². The second-order valence-electron chi connectivity index (χ2n) is 5.36. The average molecular weight is 230 g/mol. The molecule has 0 radical (unpaired) electrons. The first kappa shape index (κ1) is 11.2. The van der Waals surface area contributed by atoms with Crippen molar-refractivity contribution in [3.8, 4) is 0 Å². The van der Waals surface area contributed by atoms with Crippen LogP contribution in [-0.4, -0.2) is 30.1 Å². The van der Waals surface area contributed by atoms with E-state index in [1.54, 1.807) is 0 Å². The number of hydrogen-bond donors (Lipinski definition) is 1. The molecule has 2 heteroatoms. The summed E-state index contributed by atoms with van der Waals surface area (Å²) in [4.78, 5) is 2.69. The highest BCUT2D eigenvalue weighted by molar-refractivity contribution is 5.14. The minimum Gasteiger partial charge on any atom is -0.308 e. The molecule has 2 atom stereocenters. The molecule has 1 aromatic carbocycles. The Kier molecular flexibility index (Phi) is 3.44. The van der Waals surface area contributed by atoms with E-state index in [-0.39, 0.29) is 0 Å². The molecule has 0 aliphatic carbocycles. The van der Waals surface area contributed by atoms with Crippen LogP contribution in [0.1, 0.15) is 31.2 Å². The highest BCUT2D eigenvalue weighted by Gasteiger charge is 2.34. The second kappa shape index (κ2) is 5.19. The van der Waals surface area contributed by atoms with E-state index in [1.807, 2.05) is 0 Å². The maximum atomic E-state index is 3.76. The van der Waals surface area contributed by atoms with E-state index < -0.39 is 0 Å². The average Bonchev–Trinajstić information content (AvgIpc) is 2.81. The lowest BCUT2D eigenvalue weighted by Gasteiger charge is -2.32. The molecule has 2 saturated heterocycles. The third-order valence-electron chi connectivity index (χ3n) is 4.27. The van der Waals surface area contributed by atoms with Crippen molar-refractivity contribution >= 4 is 0 Å². The number of hydrogen-bond acceptors (Lipinski definition) is 2. The molecule has 1 aromatic rings. The lowest BCUT2D eigenvalue weighted by Crippen LogP contribution is -2.44. The van der Waals surface area contributed by atoms with Crippen molar-refractivity contribution < 1.29 is 0 Å². The zero-order valence-corrected chi connectivity index (χ0v) is 10.4. The number of nitrogens with one attached hydrogen (secondary N) is 1. The van der Waals surface area contributed by atoms with Crippen molar-refractivity contribution in [1.29, 1.82) is 0 Å². The number of piperidine rings is 1. The van der Waals surface area contributed by atoms with Gasteiger partial charge in [0.15, 0.2) is 0 Å². The Morgan fingerprint density at radius 3 is 2.82 bits per heavy atom. The molecule has 2 fully saturated rings. The molecule has 2 nitrogen and oxygen atoms in total. The van der Waals surface area contributed by atoms with Gasteiger partial charge in [-0.2, -0.15) is 0 Å². The topological polar surface area (TPSA) is 15.3 Å². The summed E-state index contributed by atoms with van der Waals surface area (Å²) >= 11 is 0. The van der Waals surface area contributed by atoms with Crippen LogP contribution in [0.25, 0.3) is 0 Å². The van der Waals surface area contributed by atoms with Crippen LogP contribution in [0, 0.1) is 0 Å². The van der Waals surface area contributed by atoms with E-state index in [1.165, 1.54) is 44.3 Å². The minimum absolute atomic E-state index is 0.718. The van der Waals surface area contributed by atoms with Crippen LogP contribution < -0.4 is 5.32 Å². The standard InChI is InChI=1S/C15H22N2/c1-2-6-13(7-3-1)12-16-14-9-11-17-10-5-4-8-15(14)17/h1-3,6-7,14-16H,4-5,8-12H2. The summed E-state index contributed by atoms with van der Waals surface area (Å²) in [6.45, 7) is 3.65. The number of benzene rings is 1. The Bertz CT molecular complexity index is 349. The van der Waals surface area contributed by atoms with Gasteiger partial charge in [-0.3, -0.25) is 4.90 Å². The Hall–Kier alpha value is -0.860. The smallest absolute Gasteiger partial charge is 0.0249 e. The molecule has 1 N–H and O–H groups in total. The first-order chi connectivity index (χ1) is 8.43. The first-order valence-corrected chi connectivity index (χ1v) is 6.95. The Morgan fingerprint density at radius 2 is 1.94 bits per heavy atom. The van der Waals surface area contributed by atoms with E-state index in [9.17, 15) is 0 Å². The molecule has 0 amide bonds. The summed E-state index contributed by atoms with van der Waals surface area (Å²) in [6, 6.07) is 12.3. The Balaban J connectivity index is 1.55. The highest BCUT2D eigenvalue weighted by atomic mass is 15.2. The lowest BCUT2D eigenvalue weighted by atomic mass is 9.99. The molecule has 0 spiro atoms. The van der Waals surface area contributed by atoms with Crippen LogP contribution >= 0.6 is 0 Å². The fraction of sp³-hybridized carbons (Fsp3) is 0.600. The molecule has 0 bridgehead atoms. The van der Waals surface area contributed by atoms with Gasteiger partial charge >= 0.3 is 0 Å². The SMILES string of the molecule is c1ccc(CNC2CCN3CCCCC23)cc1. The number of fused-ring (bicyclic) bond motifs is 1. The third-order valence-corrected chi connectivity index (χ3v) is 4.27. The lowest BCUT2D eigenvalue weighted by molar-refractivity contribution is 0.180. The zero-order chi connectivity index (χ0) is 11.5. The van der Waals surface area contributed by atoms with Crippen molar-refractivity contribution in [3.05, 3.63) is 35.9 Å². The predicted octanol–water partition coefficient (Wildman–Crippen LogP) is 2.40. The largest absolute Gasteiger partial charge is 0.308 e. The molecule has 2 aliphatic rings. The van der Waals surface area contributed by atoms with Crippen molar-refractivity contribution in [2.24, 2.45) is 0 Å². The molecule has 17 heavy (non-hydrogen) atoms. The molecular weight excluding hydrogens is 208 g/mol. The van der Waals surface area contributed by atoms with Crippen LogP contribution in [0.15, 0.2) is 30.3 Å². The van der Waals surface area contributed by atoms with Crippen LogP contribution in [0.4, 0.5) is 0 Å². The molecule has 3 rings (SSSR count). The van der Waals surface area contributed by atoms with Gasteiger partial charge in [0.2, 0.25) is 0 Å². The van der Waals surface area contributed by atoms with E-state index >= 15 is 0 Å². The van der Waals surface area contributed by atoms with E-state index in [4.69, 9.17) is 0 Å². The minimum atomic E-state index is 0.718. The molecule has 92 valence electrons. The third kappa shape index (κ3) is 2.53. The van der Waals surface area contributed by atoms with Gasteiger partial charge in [-0.05, 0) is 31.4 Å². The van der Waals surface area contributed by atoms with Crippen molar-refractivity contribution in [3.63, 3.8) is 0 Å². The first-order valence-electron chi connectivity index (χ1n) is 6.95. The zero-order valence-electron chi connectivity index (χ0n) is 10.4. The molecule has 0 aromatic heterocycles. The predicted molar refractivity (Wildman–Crippen MR) is 70.9 cm³/mol. The molecular formula is C15H22N2. The summed E-state index contributed by atoms with van der Waals surface area (Å²) < 4.78 is 0. The maximum Gasteiger partial charge on any atom is 0.0249 e. The van der Waals surface area contributed by atoms with Crippen LogP contribution in [-0.2, 0) is 6.54 Å².